The molecule has 1 aliphatic carbocycles. The van der Waals surface area contributed by atoms with E-state index >= 15 is 0 Å². The average Bonchev–Trinajstić information content (AvgIpc) is 2.78. The second kappa shape index (κ2) is 5.15. The minimum absolute atomic E-state index is 0.150. The number of hydrogen-bond acceptors (Lipinski definition) is 3. The predicted molar refractivity (Wildman–Crippen MR) is 60.4 cm³/mol. The highest BCUT2D eigenvalue weighted by Crippen LogP contribution is 2.29. The lowest BCUT2D eigenvalue weighted by atomic mass is 9.92. The maximum Gasteiger partial charge on any atom is 0.307 e. The fourth-order valence-corrected chi connectivity index (χ4v) is 2.99. The van der Waals surface area contributed by atoms with Crippen molar-refractivity contribution in [3.63, 3.8) is 0 Å². The summed E-state index contributed by atoms with van der Waals surface area (Å²) in [6.07, 6.45) is 5.82. The molecule has 2 aliphatic rings. The Bertz CT molecular complexity index is 257. The lowest BCUT2D eigenvalue weighted by Gasteiger charge is -2.34. The number of carboxylic acid groups (broad SMARTS) is 1. The average molecular weight is 227 g/mol. The lowest BCUT2D eigenvalue weighted by molar-refractivity contribution is -0.141. The van der Waals surface area contributed by atoms with E-state index in [-0.39, 0.29) is 5.92 Å². The molecule has 2 fully saturated rings. The zero-order valence-corrected chi connectivity index (χ0v) is 9.89. The van der Waals surface area contributed by atoms with Gasteiger partial charge in [-0.05, 0) is 38.6 Å². The highest BCUT2D eigenvalue weighted by Gasteiger charge is 2.34. The first-order valence-corrected chi connectivity index (χ1v) is 6.20. The Morgan fingerprint density at radius 3 is 2.81 bits per heavy atom. The summed E-state index contributed by atoms with van der Waals surface area (Å²) in [5.41, 5.74) is 0. The van der Waals surface area contributed by atoms with Crippen molar-refractivity contribution in [2.24, 2.45) is 5.92 Å². The Morgan fingerprint density at radius 2 is 2.19 bits per heavy atom. The van der Waals surface area contributed by atoms with Crippen molar-refractivity contribution in [2.45, 2.75) is 44.2 Å². The molecule has 1 saturated carbocycles. The number of methoxy groups -OCH3 is 1. The van der Waals surface area contributed by atoms with Crippen molar-refractivity contribution < 1.29 is 14.6 Å². The van der Waals surface area contributed by atoms with Gasteiger partial charge in [0.05, 0.1) is 12.0 Å². The van der Waals surface area contributed by atoms with E-state index in [0.29, 0.717) is 12.1 Å². The van der Waals surface area contributed by atoms with Gasteiger partial charge >= 0.3 is 5.97 Å². The van der Waals surface area contributed by atoms with Crippen LogP contribution < -0.4 is 0 Å². The van der Waals surface area contributed by atoms with Crippen LogP contribution in [0.2, 0.25) is 0 Å². The molecule has 1 aliphatic heterocycles. The number of rotatable bonds is 3. The van der Waals surface area contributed by atoms with Crippen LogP contribution in [0.1, 0.15) is 32.1 Å². The van der Waals surface area contributed by atoms with E-state index in [1.165, 1.54) is 12.8 Å². The fraction of sp³-hybridized carbons (Fsp3) is 0.917. The van der Waals surface area contributed by atoms with Gasteiger partial charge in [-0.3, -0.25) is 9.69 Å². The zero-order valence-electron chi connectivity index (χ0n) is 9.89. The number of nitrogens with zero attached hydrogens (tertiary/aromatic N) is 1. The molecule has 0 aromatic rings. The Balaban J connectivity index is 1.86. The summed E-state index contributed by atoms with van der Waals surface area (Å²) in [4.78, 5) is 13.3. The van der Waals surface area contributed by atoms with Gasteiger partial charge in [0.25, 0.3) is 0 Å². The van der Waals surface area contributed by atoms with Gasteiger partial charge in [0, 0.05) is 19.7 Å². The number of hydrogen-bond donors (Lipinski definition) is 1. The summed E-state index contributed by atoms with van der Waals surface area (Å²) in [7, 11) is 1.77. The normalized spacial score (nSPS) is 36.4. The highest BCUT2D eigenvalue weighted by atomic mass is 16.5. The summed E-state index contributed by atoms with van der Waals surface area (Å²) < 4.78 is 5.41. The van der Waals surface area contributed by atoms with Crippen LogP contribution in [-0.2, 0) is 9.53 Å². The van der Waals surface area contributed by atoms with E-state index < -0.39 is 5.97 Å². The first-order chi connectivity index (χ1) is 7.70. The van der Waals surface area contributed by atoms with Gasteiger partial charge in [-0.1, -0.05) is 0 Å². The van der Waals surface area contributed by atoms with Gasteiger partial charge in [0.1, 0.15) is 0 Å². The van der Waals surface area contributed by atoms with Gasteiger partial charge in [0.2, 0.25) is 0 Å². The molecule has 0 bridgehead atoms. The topological polar surface area (TPSA) is 49.8 Å². The molecule has 2 rings (SSSR count). The van der Waals surface area contributed by atoms with E-state index in [2.05, 4.69) is 4.90 Å². The molecule has 0 spiro atoms. The highest BCUT2D eigenvalue weighted by molar-refractivity contribution is 5.70. The molecule has 1 N–H and O–H groups in total. The Labute approximate surface area is 96.6 Å². The van der Waals surface area contributed by atoms with Crippen molar-refractivity contribution in [1.82, 2.24) is 4.90 Å². The number of ether oxygens (including phenoxy) is 1. The fourth-order valence-electron chi connectivity index (χ4n) is 2.99. The standard InChI is InChI=1S/C12H21NO3/c1-16-11-4-2-3-10(7-11)13-6-5-9(8-13)12(14)15/h9-11H,2-8H2,1H3,(H,14,15). The molecule has 0 aromatic heterocycles. The minimum Gasteiger partial charge on any atom is -0.481 e. The number of aliphatic carboxylic acids is 1. The molecule has 0 aromatic carbocycles. The molecule has 1 heterocycles. The molecular weight excluding hydrogens is 206 g/mol. The predicted octanol–water partition coefficient (Wildman–Crippen LogP) is 1.35. The van der Waals surface area contributed by atoms with Crippen molar-refractivity contribution in [3.05, 3.63) is 0 Å². The van der Waals surface area contributed by atoms with Gasteiger partial charge in [-0.2, -0.15) is 0 Å². The lowest BCUT2D eigenvalue weighted by Crippen LogP contribution is -2.39. The molecule has 1 saturated heterocycles. The van der Waals surface area contributed by atoms with Crippen LogP contribution in [0.3, 0.4) is 0 Å². The van der Waals surface area contributed by atoms with Crippen molar-refractivity contribution in [2.75, 3.05) is 20.2 Å². The Hall–Kier alpha value is -0.610. The second-order valence-electron chi connectivity index (χ2n) is 5.00. The van der Waals surface area contributed by atoms with Crippen LogP contribution in [0.4, 0.5) is 0 Å². The van der Waals surface area contributed by atoms with Crippen LogP contribution >= 0.6 is 0 Å². The van der Waals surface area contributed by atoms with Crippen molar-refractivity contribution >= 4 is 5.97 Å². The van der Waals surface area contributed by atoms with Crippen LogP contribution in [0.25, 0.3) is 0 Å². The van der Waals surface area contributed by atoms with E-state index in [4.69, 9.17) is 9.84 Å². The number of likely N-dealkylation sites (tertiary alicyclic amines) is 1. The molecule has 3 atom stereocenters. The van der Waals surface area contributed by atoms with Crippen LogP contribution in [0, 0.1) is 5.92 Å². The number of carboxylic acids is 1. The zero-order chi connectivity index (χ0) is 11.5. The Kier molecular flexibility index (Phi) is 3.82. The number of carbonyl (C=O) groups is 1. The molecule has 16 heavy (non-hydrogen) atoms. The quantitative estimate of drug-likeness (QED) is 0.790. The van der Waals surface area contributed by atoms with Gasteiger partial charge in [0.15, 0.2) is 0 Å². The van der Waals surface area contributed by atoms with Crippen molar-refractivity contribution in [1.29, 1.82) is 0 Å². The SMILES string of the molecule is COC1CCCC(N2CCC(C(=O)O)C2)C1. The summed E-state index contributed by atoms with van der Waals surface area (Å²) in [6, 6.07) is 0.544. The summed E-state index contributed by atoms with van der Waals surface area (Å²) >= 11 is 0. The maximum absolute atomic E-state index is 10.9. The monoisotopic (exact) mass is 227 g/mol. The van der Waals surface area contributed by atoms with Gasteiger partial charge in [-0.15, -0.1) is 0 Å². The van der Waals surface area contributed by atoms with Crippen LogP contribution in [0.5, 0.6) is 0 Å². The molecule has 0 amide bonds. The van der Waals surface area contributed by atoms with E-state index in [1.807, 2.05) is 0 Å². The van der Waals surface area contributed by atoms with Crippen LogP contribution in [-0.4, -0.2) is 48.3 Å². The molecule has 92 valence electrons. The third kappa shape index (κ3) is 2.55. The van der Waals surface area contributed by atoms with Gasteiger partial charge in [-0.25, -0.2) is 0 Å². The molecule has 4 nitrogen and oxygen atoms in total. The summed E-state index contributed by atoms with van der Waals surface area (Å²) in [5.74, 6) is -0.787. The first kappa shape index (κ1) is 11.9. The van der Waals surface area contributed by atoms with Crippen molar-refractivity contribution in [3.8, 4) is 0 Å². The summed E-state index contributed by atoms with van der Waals surface area (Å²) in [6.45, 7) is 1.68. The van der Waals surface area contributed by atoms with E-state index in [0.717, 1.165) is 32.4 Å². The molecular formula is C12H21NO3. The first-order valence-electron chi connectivity index (χ1n) is 6.20. The van der Waals surface area contributed by atoms with E-state index in [9.17, 15) is 4.79 Å². The smallest absolute Gasteiger partial charge is 0.307 e. The third-order valence-electron chi connectivity index (χ3n) is 4.02. The minimum atomic E-state index is -0.637. The largest absolute Gasteiger partial charge is 0.481 e. The van der Waals surface area contributed by atoms with Gasteiger partial charge < -0.3 is 9.84 Å². The molecule has 4 heteroatoms. The maximum atomic E-state index is 10.9. The van der Waals surface area contributed by atoms with E-state index in [1.54, 1.807) is 7.11 Å². The molecule has 3 unspecified atom stereocenters. The van der Waals surface area contributed by atoms with Crippen LogP contribution in [0.15, 0.2) is 0 Å². The second-order valence-corrected chi connectivity index (χ2v) is 5.00. The summed E-state index contributed by atoms with van der Waals surface area (Å²) in [5, 5.41) is 8.98. The third-order valence-corrected chi connectivity index (χ3v) is 4.02. The Morgan fingerprint density at radius 1 is 1.38 bits per heavy atom. The molecule has 0 radical (unpaired) electrons.